The summed E-state index contributed by atoms with van der Waals surface area (Å²) in [7, 11) is 0. The Hall–Kier alpha value is -0.780. The largest absolute Gasteiger partial charge is 0.439 e. The number of aromatic nitrogens is 2. The second-order valence-electron chi connectivity index (χ2n) is 2.84. The molecule has 0 saturated heterocycles. The van der Waals surface area contributed by atoms with Crippen LogP contribution in [0.5, 0.6) is 0 Å². The van der Waals surface area contributed by atoms with Gasteiger partial charge in [-0.3, -0.25) is 0 Å². The van der Waals surface area contributed by atoms with Crippen LogP contribution in [0, 0.1) is 6.92 Å². The number of nitrogens with zero attached hydrogens (tertiary/aromatic N) is 2. The lowest BCUT2D eigenvalue weighted by Crippen LogP contribution is -1.87. The number of anilines is 1. The number of oxazole rings is 1. The first-order valence-electron chi connectivity index (χ1n) is 4.01. The van der Waals surface area contributed by atoms with Crippen LogP contribution in [-0.2, 0) is 0 Å². The Morgan fingerprint density at radius 3 is 2.44 bits per heavy atom. The van der Waals surface area contributed by atoms with Crippen LogP contribution in [-0.4, -0.2) is 9.97 Å². The number of nitrogens with two attached hydrogens (primary N) is 1. The molecular weight excluding hydrogens is 317 g/mol. The first kappa shape index (κ1) is 15.2. The molecule has 0 spiro atoms. The molecule has 7 heteroatoms. The highest BCUT2D eigenvalue weighted by atomic mass is 79.9. The Morgan fingerprint density at radius 2 is 2.00 bits per heavy atom. The lowest BCUT2D eigenvalue weighted by Gasteiger charge is -1.94. The van der Waals surface area contributed by atoms with E-state index in [-0.39, 0.29) is 24.8 Å². The van der Waals surface area contributed by atoms with E-state index in [1.165, 1.54) is 0 Å². The third kappa shape index (κ3) is 3.10. The van der Waals surface area contributed by atoms with Gasteiger partial charge in [0.2, 0.25) is 5.89 Å². The van der Waals surface area contributed by atoms with Gasteiger partial charge in [0.15, 0.2) is 0 Å². The highest BCUT2D eigenvalue weighted by Gasteiger charge is 2.09. The van der Waals surface area contributed by atoms with Crippen molar-refractivity contribution in [2.75, 3.05) is 5.73 Å². The molecule has 0 aliphatic carbocycles. The number of pyridine rings is 1. The minimum atomic E-state index is 0. The van der Waals surface area contributed by atoms with E-state index in [0.29, 0.717) is 21.9 Å². The molecule has 2 N–H and O–H groups in total. The Balaban J connectivity index is 0.00000112. The molecule has 2 aromatic rings. The van der Waals surface area contributed by atoms with Crippen molar-refractivity contribution in [1.29, 1.82) is 0 Å². The highest BCUT2D eigenvalue weighted by Crippen LogP contribution is 2.23. The Morgan fingerprint density at radius 1 is 1.31 bits per heavy atom. The Labute approximate surface area is 114 Å². The minimum Gasteiger partial charge on any atom is -0.439 e. The van der Waals surface area contributed by atoms with E-state index in [2.05, 4.69) is 25.9 Å². The van der Waals surface area contributed by atoms with E-state index in [9.17, 15) is 0 Å². The van der Waals surface area contributed by atoms with E-state index in [0.717, 1.165) is 5.76 Å². The third-order valence-electron chi connectivity index (χ3n) is 1.75. The summed E-state index contributed by atoms with van der Waals surface area (Å²) in [5, 5.41) is 0. The zero-order chi connectivity index (χ0) is 10.1. The molecule has 0 amide bonds. The van der Waals surface area contributed by atoms with Crippen molar-refractivity contribution in [2.24, 2.45) is 0 Å². The predicted octanol–water partition coefficient (Wildman–Crippen LogP) is 3.23. The summed E-state index contributed by atoms with van der Waals surface area (Å²) in [5.74, 6) is 1.23. The topological polar surface area (TPSA) is 64.9 Å². The molecule has 2 aromatic heterocycles. The predicted molar refractivity (Wildman–Crippen MR) is 71.1 cm³/mol. The van der Waals surface area contributed by atoms with Crippen molar-refractivity contribution in [3.63, 3.8) is 0 Å². The molecule has 0 fully saturated rings. The average molecular weight is 327 g/mol. The number of rotatable bonds is 1. The summed E-state index contributed by atoms with van der Waals surface area (Å²) in [6, 6.07) is 3.53. The van der Waals surface area contributed by atoms with Crippen LogP contribution in [0.25, 0.3) is 11.6 Å². The second kappa shape index (κ2) is 6.08. The molecule has 0 bridgehead atoms. The van der Waals surface area contributed by atoms with Crippen molar-refractivity contribution < 1.29 is 4.42 Å². The van der Waals surface area contributed by atoms with E-state index in [1.807, 2.05) is 6.92 Å². The van der Waals surface area contributed by atoms with Crippen molar-refractivity contribution in [3.8, 4) is 11.6 Å². The van der Waals surface area contributed by atoms with Crippen LogP contribution in [0.2, 0.25) is 0 Å². The molecule has 2 rings (SSSR count). The molecule has 16 heavy (non-hydrogen) atoms. The smallest absolute Gasteiger partial charge is 0.246 e. The van der Waals surface area contributed by atoms with E-state index >= 15 is 0 Å². The first-order valence-corrected chi connectivity index (χ1v) is 4.81. The molecule has 4 nitrogen and oxygen atoms in total. The van der Waals surface area contributed by atoms with Crippen LogP contribution in [0.3, 0.4) is 0 Å². The van der Waals surface area contributed by atoms with Crippen LogP contribution in [0.15, 0.2) is 27.3 Å². The van der Waals surface area contributed by atoms with E-state index < -0.39 is 0 Å². The first-order chi connectivity index (χ1) is 6.66. The van der Waals surface area contributed by atoms with Crippen LogP contribution in [0.4, 0.5) is 5.69 Å². The number of nitrogen functional groups attached to an aromatic ring is 1. The summed E-state index contributed by atoms with van der Waals surface area (Å²) >= 11 is 3.27. The molecule has 0 aliphatic rings. The summed E-state index contributed by atoms with van der Waals surface area (Å²) in [5.41, 5.74) is 6.81. The van der Waals surface area contributed by atoms with Crippen molar-refractivity contribution >= 4 is 46.4 Å². The number of halogens is 3. The van der Waals surface area contributed by atoms with Crippen molar-refractivity contribution in [1.82, 2.24) is 9.97 Å². The van der Waals surface area contributed by atoms with Gasteiger partial charge in [-0.2, -0.15) is 0 Å². The molecule has 0 atom stereocenters. The lowest BCUT2D eigenvalue weighted by atomic mass is 10.3. The zero-order valence-corrected chi connectivity index (χ0v) is 11.5. The van der Waals surface area contributed by atoms with Gasteiger partial charge in [0.05, 0.1) is 11.9 Å². The third-order valence-corrected chi connectivity index (χ3v) is 2.48. The molecule has 0 unspecified atom stereocenters. The lowest BCUT2D eigenvalue weighted by molar-refractivity contribution is 0.539. The van der Waals surface area contributed by atoms with Crippen molar-refractivity contribution in [2.45, 2.75) is 6.92 Å². The molecular formula is C9H10BrCl2N3O. The fraction of sp³-hybridized carbons (Fsp3) is 0.111. The van der Waals surface area contributed by atoms with Crippen molar-refractivity contribution in [3.05, 3.63) is 28.7 Å². The maximum absolute atomic E-state index is 5.52. The maximum atomic E-state index is 5.52. The minimum absolute atomic E-state index is 0. The molecule has 88 valence electrons. The summed E-state index contributed by atoms with van der Waals surface area (Å²) in [6.45, 7) is 1.83. The normalized spacial score (nSPS) is 9.12. The van der Waals surface area contributed by atoms with Gasteiger partial charge in [-0.1, -0.05) is 0 Å². The second-order valence-corrected chi connectivity index (χ2v) is 3.59. The van der Waals surface area contributed by atoms with Gasteiger partial charge < -0.3 is 10.2 Å². The van der Waals surface area contributed by atoms with Crippen LogP contribution < -0.4 is 5.73 Å². The SMILES string of the molecule is Cc1oc(-c2ccc(N)cn2)nc1Br.Cl.Cl. The van der Waals surface area contributed by atoms with Gasteiger partial charge in [0, 0.05) is 0 Å². The molecule has 0 saturated carbocycles. The monoisotopic (exact) mass is 325 g/mol. The van der Waals surface area contributed by atoms with E-state index in [1.54, 1.807) is 18.3 Å². The fourth-order valence-corrected chi connectivity index (χ4v) is 1.26. The van der Waals surface area contributed by atoms with Gasteiger partial charge in [-0.25, -0.2) is 9.97 Å². The molecule has 0 radical (unpaired) electrons. The van der Waals surface area contributed by atoms with Gasteiger partial charge in [0.25, 0.3) is 0 Å². The van der Waals surface area contributed by atoms with Gasteiger partial charge in [-0.15, -0.1) is 24.8 Å². The van der Waals surface area contributed by atoms with Crippen LogP contribution in [0.1, 0.15) is 5.76 Å². The van der Waals surface area contributed by atoms with E-state index in [4.69, 9.17) is 10.2 Å². The molecule has 2 heterocycles. The van der Waals surface area contributed by atoms with Gasteiger partial charge in [0.1, 0.15) is 16.1 Å². The Bertz CT molecular complexity index is 439. The van der Waals surface area contributed by atoms with Gasteiger partial charge in [-0.05, 0) is 35.0 Å². The summed E-state index contributed by atoms with van der Waals surface area (Å²) < 4.78 is 6.08. The summed E-state index contributed by atoms with van der Waals surface area (Å²) in [4.78, 5) is 8.26. The standard InChI is InChI=1S/C9H8BrN3O.2ClH/c1-5-8(10)13-9(14-5)7-3-2-6(11)4-12-7;;/h2-4H,11H2,1H3;2*1H. The molecule has 0 aliphatic heterocycles. The number of hydrogen-bond donors (Lipinski definition) is 1. The number of aryl methyl sites for hydroxylation is 1. The maximum Gasteiger partial charge on any atom is 0.246 e. The number of hydrogen-bond acceptors (Lipinski definition) is 4. The van der Waals surface area contributed by atoms with Crippen LogP contribution >= 0.6 is 40.7 Å². The average Bonchev–Trinajstić information content (AvgIpc) is 2.48. The zero-order valence-electron chi connectivity index (χ0n) is 8.31. The molecule has 0 aromatic carbocycles. The quantitative estimate of drug-likeness (QED) is 0.873. The highest BCUT2D eigenvalue weighted by molar-refractivity contribution is 9.10. The van der Waals surface area contributed by atoms with Gasteiger partial charge >= 0.3 is 0 Å². The Kier molecular flexibility index (Phi) is 5.78. The fourth-order valence-electron chi connectivity index (χ4n) is 1.02. The summed E-state index contributed by atoms with van der Waals surface area (Å²) in [6.07, 6.45) is 1.57.